The van der Waals surface area contributed by atoms with Gasteiger partial charge < -0.3 is 10.3 Å². The minimum Gasteiger partial charge on any atom is -0.398 e. The summed E-state index contributed by atoms with van der Waals surface area (Å²) < 4.78 is 2.17. The number of aryl methyl sites for hydroxylation is 2. The normalized spacial score (nSPS) is 11.2. The van der Waals surface area contributed by atoms with Gasteiger partial charge in [0.05, 0.1) is 11.0 Å². The number of rotatable bonds is 2. The molecule has 0 radical (unpaired) electrons. The van der Waals surface area contributed by atoms with Crippen molar-refractivity contribution >= 4 is 28.3 Å². The summed E-state index contributed by atoms with van der Waals surface area (Å²) in [6.45, 7) is 4.99. The molecule has 0 unspecified atom stereocenters. The number of hydrogen-bond donors (Lipinski definition) is 1. The average Bonchev–Trinajstić information content (AvgIpc) is 2.75. The fraction of sp³-hybridized carbons (Fsp3) is 0.188. The predicted octanol–water partition coefficient (Wildman–Crippen LogP) is 4.27. The van der Waals surface area contributed by atoms with Gasteiger partial charge in [-0.25, -0.2) is 4.98 Å². The molecule has 3 nitrogen and oxygen atoms in total. The van der Waals surface area contributed by atoms with Gasteiger partial charge in [0.2, 0.25) is 0 Å². The van der Waals surface area contributed by atoms with Crippen LogP contribution in [0, 0.1) is 6.92 Å². The minimum atomic E-state index is 0.697. The van der Waals surface area contributed by atoms with Crippen LogP contribution in [0.5, 0.6) is 0 Å². The van der Waals surface area contributed by atoms with Crippen molar-refractivity contribution in [3.05, 3.63) is 47.0 Å². The molecule has 2 N–H and O–H groups in total. The van der Waals surface area contributed by atoms with Gasteiger partial charge in [-0.3, -0.25) is 0 Å². The zero-order chi connectivity index (χ0) is 14.3. The smallest absolute Gasteiger partial charge is 0.143 e. The van der Waals surface area contributed by atoms with E-state index in [-0.39, 0.29) is 0 Å². The zero-order valence-electron chi connectivity index (χ0n) is 11.5. The molecule has 0 aliphatic rings. The highest BCUT2D eigenvalue weighted by atomic mass is 35.5. The van der Waals surface area contributed by atoms with E-state index in [9.17, 15) is 0 Å². The van der Waals surface area contributed by atoms with Gasteiger partial charge in [0.15, 0.2) is 0 Å². The summed E-state index contributed by atoms with van der Waals surface area (Å²) in [6, 6.07) is 11.7. The molecule has 0 spiro atoms. The molecule has 4 heteroatoms. The Morgan fingerprint density at radius 1 is 1.25 bits per heavy atom. The maximum atomic E-state index is 6.15. The SMILES string of the molecule is CCn1c(-c2c(C)cccc2N)nc2cc(Cl)ccc21. The van der Waals surface area contributed by atoms with Crippen LogP contribution in [-0.2, 0) is 6.54 Å². The van der Waals surface area contributed by atoms with Crippen LogP contribution in [0.1, 0.15) is 12.5 Å². The Balaban J connectivity index is 2.36. The van der Waals surface area contributed by atoms with Crippen LogP contribution in [0.4, 0.5) is 5.69 Å². The van der Waals surface area contributed by atoms with Gasteiger partial charge in [-0.1, -0.05) is 23.7 Å². The Labute approximate surface area is 123 Å². The van der Waals surface area contributed by atoms with Gasteiger partial charge in [-0.2, -0.15) is 0 Å². The van der Waals surface area contributed by atoms with Crippen molar-refractivity contribution in [2.75, 3.05) is 5.73 Å². The Kier molecular flexibility index (Phi) is 3.14. The van der Waals surface area contributed by atoms with E-state index in [2.05, 4.69) is 24.5 Å². The number of benzene rings is 2. The summed E-state index contributed by atoms with van der Waals surface area (Å²) in [5.74, 6) is 0.903. The lowest BCUT2D eigenvalue weighted by atomic mass is 10.1. The summed E-state index contributed by atoms with van der Waals surface area (Å²) in [5, 5.41) is 0.697. The van der Waals surface area contributed by atoms with E-state index in [0.717, 1.165) is 40.2 Å². The molecule has 2 aromatic carbocycles. The van der Waals surface area contributed by atoms with Gasteiger partial charge in [-0.05, 0) is 43.7 Å². The molecule has 0 aliphatic heterocycles. The molecule has 20 heavy (non-hydrogen) atoms. The van der Waals surface area contributed by atoms with E-state index < -0.39 is 0 Å². The van der Waals surface area contributed by atoms with Crippen LogP contribution in [-0.4, -0.2) is 9.55 Å². The highest BCUT2D eigenvalue weighted by Gasteiger charge is 2.15. The van der Waals surface area contributed by atoms with Gasteiger partial charge in [-0.15, -0.1) is 0 Å². The molecule has 0 saturated carbocycles. The van der Waals surface area contributed by atoms with Crippen LogP contribution in [0.3, 0.4) is 0 Å². The highest BCUT2D eigenvalue weighted by molar-refractivity contribution is 6.31. The van der Waals surface area contributed by atoms with Crippen molar-refractivity contribution in [3.8, 4) is 11.4 Å². The molecule has 0 amide bonds. The third-order valence-electron chi connectivity index (χ3n) is 3.56. The molecular formula is C16H16ClN3. The van der Waals surface area contributed by atoms with Crippen LogP contribution < -0.4 is 5.73 Å². The number of aromatic nitrogens is 2. The third kappa shape index (κ3) is 1.95. The quantitative estimate of drug-likeness (QED) is 0.715. The first kappa shape index (κ1) is 13.0. The van der Waals surface area contributed by atoms with E-state index in [1.807, 2.05) is 30.3 Å². The molecule has 1 heterocycles. The Bertz CT molecular complexity index is 770. The standard InChI is InChI=1S/C16H16ClN3/c1-3-20-14-8-7-11(17)9-13(14)19-16(20)15-10(2)5-4-6-12(15)18/h4-9H,3,18H2,1-2H3. The number of nitrogens with zero attached hydrogens (tertiary/aromatic N) is 2. The van der Waals surface area contributed by atoms with E-state index in [1.165, 1.54) is 0 Å². The summed E-state index contributed by atoms with van der Waals surface area (Å²) in [7, 11) is 0. The van der Waals surface area contributed by atoms with E-state index in [1.54, 1.807) is 0 Å². The first-order valence-electron chi connectivity index (χ1n) is 6.63. The van der Waals surface area contributed by atoms with Crippen LogP contribution in [0.25, 0.3) is 22.4 Å². The summed E-state index contributed by atoms with van der Waals surface area (Å²) in [4.78, 5) is 4.73. The Hall–Kier alpha value is -2.00. The lowest BCUT2D eigenvalue weighted by Crippen LogP contribution is -2.01. The molecule has 3 aromatic rings. The lowest BCUT2D eigenvalue weighted by molar-refractivity contribution is 0.796. The van der Waals surface area contributed by atoms with Crippen molar-refractivity contribution in [2.24, 2.45) is 0 Å². The predicted molar refractivity (Wildman–Crippen MR) is 85.0 cm³/mol. The first-order valence-corrected chi connectivity index (χ1v) is 7.01. The largest absolute Gasteiger partial charge is 0.398 e. The van der Waals surface area contributed by atoms with Crippen molar-refractivity contribution < 1.29 is 0 Å². The maximum Gasteiger partial charge on any atom is 0.143 e. The van der Waals surface area contributed by atoms with Gasteiger partial charge in [0.1, 0.15) is 5.82 Å². The molecule has 0 aliphatic carbocycles. The first-order chi connectivity index (χ1) is 9.61. The van der Waals surface area contributed by atoms with Crippen LogP contribution in [0.15, 0.2) is 36.4 Å². The van der Waals surface area contributed by atoms with E-state index >= 15 is 0 Å². The van der Waals surface area contributed by atoms with Crippen molar-refractivity contribution in [1.29, 1.82) is 0 Å². The summed E-state index contributed by atoms with van der Waals surface area (Å²) in [6.07, 6.45) is 0. The Morgan fingerprint density at radius 3 is 2.75 bits per heavy atom. The zero-order valence-corrected chi connectivity index (χ0v) is 12.3. The van der Waals surface area contributed by atoms with Crippen molar-refractivity contribution in [1.82, 2.24) is 9.55 Å². The van der Waals surface area contributed by atoms with Crippen LogP contribution in [0.2, 0.25) is 5.02 Å². The number of imidazole rings is 1. The second kappa shape index (κ2) is 4.84. The number of hydrogen-bond acceptors (Lipinski definition) is 2. The molecule has 3 rings (SSSR count). The van der Waals surface area contributed by atoms with Crippen LogP contribution >= 0.6 is 11.6 Å². The highest BCUT2D eigenvalue weighted by Crippen LogP contribution is 2.32. The number of anilines is 1. The Morgan fingerprint density at radius 2 is 2.05 bits per heavy atom. The van der Waals surface area contributed by atoms with E-state index in [0.29, 0.717) is 5.02 Å². The van der Waals surface area contributed by atoms with Crippen molar-refractivity contribution in [3.63, 3.8) is 0 Å². The number of halogens is 1. The fourth-order valence-corrected chi connectivity index (χ4v) is 2.78. The fourth-order valence-electron chi connectivity index (χ4n) is 2.61. The summed E-state index contributed by atoms with van der Waals surface area (Å²) in [5.41, 5.74) is 11.0. The molecule has 1 aromatic heterocycles. The minimum absolute atomic E-state index is 0.697. The molecule has 0 saturated heterocycles. The number of nitrogens with two attached hydrogens (primary N) is 1. The van der Waals surface area contributed by atoms with Gasteiger partial charge >= 0.3 is 0 Å². The van der Waals surface area contributed by atoms with E-state index in [4.69, 9.17) is 22.3 Å². The number of nitrogen functional groups attached to an aromatic ring is 1. The molecule has 102 valence electrons. The lowest BCUT2D eigenvalue weighted by Gasteiger charge is -2.11. The monoisotopic (exact) mass is 285 g/mol. The summed E-state index contributed by atoms with van der Waals surface area (Å²) >= 11 is 6.06. The second-order valence-electron chi connectivity index (χ2n) is 4.85. The average molecular weight is 286 g/mol. The molecular weight excluding hydrogens is 270 g/mol. The molecule has 0 bridgehead atoms. The van der Waals surface area contributed by atoms with Crippen molar-refractivity contribution in [2.45, 2.75) is 20.4 Å². The third-order valence-corrected chi connectivity index (χ3v) is 3.79. The second-order valence-corrected chi connectivity index (χ2v) is 5.29. The molecule has 0 atom stereocenters. The topological polar surface area (TPSA) is 43.8 Å². The maximum absolute atomic E-state index is 6.15. The van der Waals surface area contributed by atoms with Gasteiger partial charge in [0.25, 0.3) is 0 Å². The molecule has 0 fully saturated rings. The number of fused-ring (bicyclic) bond motifs is 1. The van der Waals surface area contributed by atoms with Gasteiger partial charge in [0, 0.05) is 22.8 Å².